The standard InChI is InChI=1S/C25H28Cl2N8O2/c26-18-8-13(11-28)9-19(27)21(18)33-25-32-20-12-30-24(31-15-2-1-3-17(36)10-15)34-23(20)35(25)16-6-4-14(5-7-16)22(29)37/h8-9,12,14-17,36H,1-7,10H2,(H2,29,37)(H,32,33)(H,30,31,34)/t14-,15?,16+,17-/m1/s1. The van der Waals surface area contributed by atoms with Crippen LogP contribution < -0.4 is 16.4 Å². The van der Waals surface area contributed by atoms with Crippen LogP contribution in [-0.2, 0) is 4.79 Å². The van der Waals surface area contributed by atoms with Crippen LogP contribution in [0.25, 0.3) is 11.2 Å². The highest BCUT2D eigenvalue weighted by Crippen LogP contribution is 2.39. The molecule has 1 unspecified atom stereocenters. The molecular formula is C25H28Cl2N8O2. The molecule has 5 rings (SSSR count). The molecule has 12 heteroatoms. The molecule has 194 valence electrons. The fraction of sp³-hybridized carbons (Fsp3) is 0.480. The summed E-state index contributed by atoms with van der Waals surface area (Å²) in [5.74, 6) is 0.548. The lowest BCUT2D eigenvalue weighted by Crippen LogP contribution is -2.30. The summed E-state index contributed by atoms with van der Waals surface area (Å²) in [5.41, 5.74) is 7.58. The van der Waals surface area contributed by atoms with Crippen LogP contribution in [0.2, 0.25) is 10.0 Å². The Balaban J connectivity index is 1.52. The van der Waals surface area contributed by atoms with Crippen molar-refractivity contribution in [2.24, 2.45) is 11.7 Å². The Morgan fingerprint density at radius 3 is 2.51 bits per heavy atom. The Labute approximate surface area is 224 Å². The lowest BCUT2D eigenvalue weighted by Gasteiger charge is -2.29. The van der Waals surface area contributed by atoms with Crippen LogP contribution in [0, 0.1) is 17.2 Å². The minimum absolute atomic E-state index is 0.0123. The van der Waals surface area contributed by atoms with Crippen molar-refractivity contribution in [1.29, 1.82) is 5.26 Å². The van der Waals surface area contributed by atoms with Crippen molar-refractivity contribution in [2.45, 2.75) is 69.6 Å². The molecule has 2 atom stereocenters. The van der Waals surface area contributed by atoms with Crippen molar-refractivity contribution in [3.8, 4) is 6.07 Å². The van der Waals surface area contributed by atoms with Crippen LogP contribution in [0.15, 0.2) is 18.3 Å². The van der Waals surface area contributed by atoms with E-state index in [1.807, 2.05) is 10.6 Å². The second-order valence-electron chi connectivity index (χ2n) is 9.83. The Bertz CT molecular complexity index is 1340. The zero-order valence-electron chi connectivity index (χ0n) is 20.1. The summed E-state index contributed by atoms with van der Waals surface area (Å²) in [4.78, 5) is 25.8. The van der Waals surface area contributed by atoms with Gasteiger partial charge in [-0.05, 0) is 63.5 Å². The summed E-state index contributed by atoms with van der Waals surface area (Å²) in [6.07, 6.45) is 7.51. The first-order chi connectivity index (χ1) is 17.8. The number of aliphatic hydroxyl groups excluding tert-OH is 1. The third kappa shape index (κ3) is 5.44. The Morgan fingerprint density at radius 1 is 1.14 bits per heavy atom. The van der Waals surface area contributed by atoms with Gasteiger partial charge in [0.2, 0.25) is 17.8 Å². The van der Waals surface area contributed by atoms with Crippen LogP contribution in [0.3, 0.4) is 0 Å². The van der Waals surface area contributed by atoms with Crippen LogP contribution in [0.4, 0.5) is 17.6 Å². The van der Waals surface area contributed by atoms with E-state index >= 15 is 0 Å². The van der Waals surface area contributed by atoms with E-state index in [0.29, 0.717) is 63.6 Å². The highest BCUT2D eigenvalue weighted by atomic mass is 35.5. The molecule has 10 nitrogen and oxygen atoms in total. The number of halogens is 2. The lowest BCUT2D eigenvalue weighted by atomic mass is 9.85. The molecule has 5 N–H and O–H groups in total. The molecule has 3 aromatic rings. The van der Waals surface area contributed by atoms with Crippen LogP contribution in [0.5, 0.6) is 0 Å². The Kier molecular flexibility index (Phi) is 7.38. The second-order valence-corrected chi connectivity index (χ2v) is 10.6. The number of aromatic nitrogens is 4. The van der Waals surface area contributed by atoms with E-state index in [0.717, 1.165) is 32.1 Å². The van der Waals surface area contributed by atoms with E-state index in [4.69, 9.17) is 38.9 Å². The largest absolute Gasteiger partial charge is 0.393 e. The molecule has 1 amide bonds. The van der Waals surface area contributed by atoms with E-state index in [-0.39, 0.29) is 30.0 Å². The van der Waals surface area contributed by atoms with Crippen molar-refractivity contribution >= 4 is 57.9 Å². The Morgan fingerprint density at radius 2 is 1.86 bits per heavy atom. The number of amides is 1. The third-order valence-electron chi connectivity index (χ3n) is 7.28. The third-order valence-corrected chi connectivity index (χ3v) is 7.88. The number of nitrogens with two attached hydrogens (primary N) is 1. The number of carbonyl (C=O) groups is 1. The molecule has 2 saturated carbocycles. The van der Waals surface area contributed by atoms with E-state index in [2.05, 4.69) is 15.6 Å². The number of anilines is 3. The predicted molar refractivity (Wildman–Crippen MR) is 142 cm³/mol. The van der Waals surface area contributed by atoms with Crippen molar-refractivity contribution in [3.63, 3.8) is 0 Å². The number of carbonyl (C=O) groups excluding carboxylic acids is 1. The van der Waals surface area contributed by atoms with Crippen molar-refractivity contribution in [3.05, 3.63) is 33.9 Å². The number of fused-ring (bicyclic) bond motifs is 1. The second kappa shape index (κ2) is 10.7. The van der Waals surface area contributed by atoms with Gasteiger partial charge in [0.25, 0.3) is 0 Å². The van der Waals surface area contributed by atoms with Gasteiger partial charge in [0.15, 0.2) is 5.65 Å². The van der Waals surface area contributed by atoms with E-state index in [1.54, 1.807) is 18.3 Å². The van der Waals surface area contributed by atoms with Gasteiger partial charge in [-0.15, -0.1) is 0 Å². The van der Waals surface area contributed by atoms with Gasteiger partial charge in [-0.3, -0.25) is 9.36 Å². The molecule has 2 aromatic heterocycles. The fourth-order valence-electron chi connectivity index (χ4n) is 5.36. The van der Waals surface area contributed by atoms with Gasteiger partial charge in [0.1, 0.15) is 5.52 Å². The molecule has 2 fully saturated rings. The van der Waals surface area contributed by atoms with Gasteiger partial charge in [0.05, 0.1) is 39.7 Å². The Hall–Kier alpha value is -3.13. The molecule has 1 aromatic carbocycles. The smallest absolute Gasteiger partial charge is 0.224 e. The molecule has 0 saturated heterocycles. The average Bonchev–Trinajstić information content (AvgIpc) is 3.23. The summed E-state index contributed by atoms with van der Waals surface area (Å²) in [7, 11) is 0. The van der Waals surface area contributed by atoms with Crippen LogP contribution in [-0.4, -0.2) is 42.7 Å². The molecule has 37 heavy (non-hydrogen) atoms. The summed E-state index contributed by atoms with van der Waals surface area (Å²) in [6.45, 7) is 0. The molecule has 0 radical (unpaired) electrons. The fourth-order valence-corrected chi connectivity index (χ4v) is 5.94. The molecule has 2 aliphatic rings. The maximum absolute atomic E-state index is 11.7. The first-order valence-electron chi connectivity index (χ1n) is 12.5. The van der Waals surface area contributed by atoms with Gasteiger partial charge in [-0.25, -0.2) is 9.97 Å². The zero-order chi connectivity index (χ0) is 26.1. The number of primary amides is 1. The average molecular weight is 543 g/mol. The quantitative estimate of drug-likeness (QED) is 0.349. The number of hydrogen-bond donors (Lipinski definition) is 4. The summed E-state index contributed by atoms with van der Waals surface area (Å²) < 4.78 is 2.01. The number of imidazole rings is 1. The van der Waals surface area contributed by atoms with Gasteiger partial charge < -0.3 is 21.5 Å². The van der Waals surface area contributed by atoms with E-state index in [9.17, 15) is 15.2 Å². The minimum atomic E-state index is -0.321. The molecule has 0 aliphatic heterocycles. The predicted octanol–water partition coefficient (Wildman–Crippen LogP) is 4.68. The van der Waals surface area contributed by atoms with Crippen molar-refractivity contribution < 1.29 is 9.90 Å². The van der Waals surface area contributed by atoms with Gasteiger partial charge in [0, 0.05) is 18.0 Å². The molecule has 2 aliphatic carbocycles. The van der Waals surface area contributed by atoms with Crippen LogP contribution >= 0.6 is 23.2 Å². The molecule has 0 spiro atoms. The number of hydrogen-bond acceptors (Lipinski definition) is 8. The van der Waals surface area contributed by atoms with Gasteiger partial charge in [-0.1, -0.05) is 23.2 Å². The SMILES string of the molecule is N#Cc1cc(Cl)c(Nc2nc3cnc(NC4CCC[C@@H](O)C4)nc3n2[C@H]2CC[C@@H](C(N)=O)CC2)c(Cl)c1. The van der Waals surface area contributed by atoms with Crippen molar-refractivity contribution in [2.75, 3.05) is 10.6 Å². The topological polar surface area (TPSA) is 155 Å². The maximum Gasteiger partial charge on any atom is 0.224 e. The lowest BCUT2D eigenvalue weighted by molar-refractivity contribution is -0.122. The monoisotopic (exact) mass is 542 g/mol. The van der Waals surface area contributed by atoms with Crippen LogP contribution in [0.1, 0.15) is 63.0 Å². The zero-order valence-corrected chi connectivity index (χ0v) is 21.6. The number of nitrogens with zero attached hydrogens (tertiary/aromatic N) is 5. The molecule has 2 heterocycles. The summed E-state index contributed by atoms with van der Waals surface area (Å²) in [6, 6.07) is 5.24. The van der Waals surface area contributed by atoms with Gasteiger partial charge in [-0.2, -0.15) is 10.2 Å². The number of nitrogens with one attached hydrogen (secondary N) is 2. The molecular weight excluding hydrogens is 515 g/mol. The normalized spacial score (nSPS) is 23.9. The first-order valence-corrected chi connectivity index (χ1v) is 13.2. The van der Waals surface area contributed by atoms with E-state index in [1.165, 1.54) is 0 Å². The first kappa shape index (κ1) is 25.5. The minimum Gasteiger partial charge on any atom is -0.393 e. The number of nitriles is 1. The number of rotatable bonds is 6. The highest BCUT2D eigenvalue weighted by Gasteiger charge is 2.30. The highest BCUT2D eigenvalue weighted by molar-refractivity contribution is 6.39. The van der Waals surface area contributed by atoms with Crippen molar-refractivity contribution in [1.82, 2.24) is 19.5 Å². The summed E-state index contributed by atoms with van der Waals surface area (Å²) >= 11 is 12.9. The van der Waals surface area contributed by atoms with E-state index < -0.39 is 0 Å². The number of aliphatic hydroxyl groups is 1. The maximum atomic E-state index is 11.7. The van der Waals surface area contributed by atoms with Gasteiger partial charge >= 0.3 is 0 Å². The summed E-state index contributed by atoms with van der Waals surface area (Å²) in [5, 5.41) is 26.5. The molecule has 0 bridgehead atoms. The number of benzene rings is 1.